The van der Waals surface area contributed by atoms with E-state index in [1.54, 1.807) is 0 Å². The zero-order valence-electron chi connectivity index (χ0n) is 7.49. The molecule has 0 saturated heterocycles. The van der Waals surface area contributed by atoms with E-state index in [-0.39, 0.29) is 10.8 Å². The van der Waals surface area contributed by atoms with Crippen molar-refractivity contribution in [2.75, 3.05) is 18.5 Å². The highest BCUT2D eigenvalue weighted by Gasteiger charge is 2.34. The van der Waals surface area contributed by atoms with Gasteiger partial charge < -0.3 is 10.1 Å². The maximum absolute atomic E-state index is 12.5. The summed E-state index contributed by atoms with van der Waals surface area (Å²) in [5.74, 6) is 0.193. The Morgan fingerprint density at radius 1 is 1.33 bits per heavy atom. The molecular formula is C9H7ClF3NO. The summed E-state index contributed by atoms with van der Waals surface area (Å²) in [6.07, 6.45) is -4.45. The van der Waals surface area contributed by atoms with Gasteiger partial charge in [-0.15, -0.1) is 0 Å². The number of hydrogen-bond acceptors (Lipinski definition) is 2. The van der Waals surface area contributed by atoms with Crippen LogP contribution in [0.3, 0.4) is 0 Å². The van der Waals surface area contributed by atoms with E-state index in [0.717, 1.165) is 6.07 Å². The van der Waals surface area contributed by atoms with Crippen LogP contribution in [0.2, 0.25) is 5.02 Å². The Morgan fingerprint density at radius 2 is 2.07 bits per heavy atom. The molecule has 0 fully saturated rings. The van der Waals surface area contributed by atoms with Crippen molar-refractivity contribution in [2.24, 2.45) is 0 Å². The Morgan fingerprint density at radius 3 is 2.73 bits per heavy atom. The zero-order chi connectivity index (χ0) is 11.1. The summed E-state index contributed by atoms with van der Waals surface area (Å²) in [5, 5.41) is 2.59. The quantitative estimate of drug-likeness (QED) is 0.748. The molecule has 1 N–H and O–H groups in total. The molecule has 0 aromatic heterocycles. The summed E-state index contributed by atoms with van der Waals surface area (Å²) in [6.45, 7) is 0.917. The number of nitrogens with one attached hydrogen (secondary N) is 1. The molecule has 0 saturated carbocycles. The molecule has 0 atom stereocenters. The predicted octanol–water partition coefficient (Wildman–Crippen LogP) is 3.16. The van der Waals surface area contributed by atoms with Gasteiger partial charge in [-0.25, -0.2) is 0 Å². The number of rotatable bonds is 0. The van der Waals surface area contributed by atoms with E-state index in [1.165, 1.54) is 6.07 Å². The molecule has 0 unspecified atom stereocenters. The minimum Gasteiger partial charge on any atom is -0.490 e. The minimum absolute atomic E-state index is 0.193. The van der Waals surface area contributed by atoms with Gasteiger partial charge in [0.25, 0.3) is 0 Å². The van der Waals surface area contributed by atoms with Gasteiger partial charge in [0.2, 0.25) is 0 Å². The Balaban J connectivity index is 2.50. The lowest BCUT2D eigenvalue weighted by molar-refractivity contribution is -0.137. The highest BCUT2D eigenvalue weighted by Crippen LogP contribution is 2.41. The van der Waals surface area contributed by atoms with Crippen LogP contribution in [-0.2, 0) is 6.18 Å². The second-order valence-electron chi connectivity index (χ2n) is 3.10. The van der Waals surface area contributed by atoms with E-state index in [4.69, 9.17) is 16.3 Å². The van der Waals surface area contributed by atoms with E-state index in [0.29, 0.717) is 18.8 Å². The van der Waals surface area contributed by atoms with Crippen LogP contribution in [-0.4, -0.2) is 13.2 Å². The van der Waals surface area contributed by atoms with Crippen molar-refractivity contribution in [3.63, 3.8) is 0 Å². The van der Waals surface area contributed by atoms with E-state index in [9.17, 15) is 13.2 Å². The molecule has 0 bridgehead atoms. The smallest absolute Gasteiger partial charge is 0.417 e. The van der Waals surface area contributed by atoms with Gasteiger partial charge in [0.15, 0.2) is 0 Å². The van der Waals surface area contributed by atoms with Crippen molar-refractivity contribution in [3.05, 3.63) is 22.7 Å². The minimum atomic E-state index is -4.45. The van der Waals surface area contributed by atoms with Crippen molar-refractivity contribution < 1.29 is 17.9 Å². The summed E-state index contributed by atoms with van der Waals surface area (Å²) < 4.78 is 42.5. The fourth-order valence-electron chi connectivity index (χ4n) is 1.37. The number of alkyl halides is 3. The molecule has 1 aromatic rings. The number of hydrogen-bond donors (Lipinski definition) is 1. The molecule has 0 amide bonds. The van der Waals surface area contributed by atoms with Crippen LogP contribution in [0.4, 0.5) is 18.9 Å². The number of anilines is 1. The average Bonchev–Trinajstić information content (AvgIpc) is 2.15. The van der Waals surface area contributed by atoms with Crippen molar-refractivity contribution in [3.8, 4) is 5.75 Å². The van der Waals surface area contributed by atoms with Crippen molar-refractivity contribution in [1.82, 2.24) is 0 Å². The first kappa shape index (κ1) is 10.4. The summed E-state index contributed by atoms with van der Waals surface area (Å²) in [4.78, 5) is 0. The first-order valence-electron chi connectivity index (χ1n) is 4.26. The summed E-state index contributed by atoms with van der Waals surface area (Å²) in [7, 11) is 0. The van der Waals surface area contributed by atoms with E-state index >= 15 is 0 Å². The van der Waals surface area contributed by atoms with E-state index in [1.807, 2.05) is 0 Å². The molecule has 1 heterocycles. The van der Waals surface area contributed by atoms with Crippen molar-refractivity contribution in [2.45, 2.75) is 6.18 Å². The Hall–Kier alpha value is -1.10. The molecule has 0 spiro atoms. The average molecular weight is 238 g/mol. The lowest BCUT2D eigenvalue weighted by Crippen LogP contribution is -2.19. The molecule has 2 rings (SSSR count). The fraction of sp³-hybridized carbons (Fsp3) is 0.333. The number of halogens is 4. The highest BCUT2D eigenvalue weighted by atomic mass is 35.5. The maximum Gasteiger partial charge on any atom is 0.417 e. The first-order chi connectivity index (χ1) is 6.98. The summed E-state index contributed by atoms with van der Waals surface area (Å²) >= 11 is 5.53. The molecule has 0 aliphatic carbocycles. The lowest BCUT2D eigenvalue weighted by atomic mass is 10.1. The first-order valence-corrected chi connectivity index (χ1v) is 4.63. The summed E-state index contributed by atoms with van der Waals surface area (Å²) in [6, 6.07) is 2.16. The van der Waals surface area contributed by atoms with E-state index in [2.05, 4.69) is 5.32 Å². The van der Waals surface area contributed by atoms with Gasteiger partial charge in [-0.05, 0) is 12.1 Å². The fourth-order valence-corrected chi connectivity index (χ4v) is 1.65. The van der Waals surface area contributed by atoms with Gasteiger partial charge in [-0.1, -0.05) is 11.6 Å². The number of benzene rings is 1. The van der Waals surface area contributed by atoms with Crippen LogP contribution in [0.1, 0.15) is 5.56 Å². The van der Waals surface area contributed by atoms with Gasteiger partial charge in [-0.3, -0.25) is 0 Å². The Labute approximate surface area is 89.0 Å². The van der Waals surface area contributed by atoms with Crippen LogP contribution in [0.15, 0.2) is 12.1 Å². The standard InChI is InChI=1S/C9H7ClF3NO/c10-6-4-7-8(15-2-1-14-7)3-5(6)9(11,12)13/h3-4,14H,1-2H2. The lowest BCUT2D eigenvalue weighted by Gasteiger charge is -2.21. The second-order valence-corrected chi connectivity index (χ2v) is 3.51. The molecule has 2 nitrogen and oxygen atoms in total. The molecule has 1 aliphatic heterocycles. The van der Waals surface area contributed by atoms with Gasteiger partial charge in [0.05, 0.1) is 16.3 Å². The van der Waals surface area contributed by atoms with Crippen LogP contribution >= 0.6 is 11.6 Å². The van der Waals surface area contributed by atoms with Gasteiger partial charge in [0.1, 0.15) is 12.4 Å². The maximum atomic E-state index is 12.5. The van der Waals surface area contributed by atoms with Gasteiger partial charge in [-0.2, -0.15) is 13.2 Å². The molecule has 1 aliphatic rings. The highest BCUT2D eigenvalue weighted by molar-refractivity contribution is 6.31. The van der Waals surface area contributed by atoms with Crippen LogP contribution in [0.5, 0.6) is 5.75 Å². The van der Waals surface area contributed by atoms with Crippen molar-refractivity contribution in [1.29, 1.82) is 0 Å². The van der Waals surface area contributed by atoms with Gasteiger partial charge >= 0.3 is 6.18 Å². The third-order valence-electron chi connectivity index (χ3n) is 2.05. The van der Waals surface area contributed by atoms with Crippen LogP contribution in [0, 0.1) is 0 Å². The second kappa shape index (κ2) is 3.48. The molecule has 82 valence electrons. The molecule has 15 heavy (non-hydrogen) atoms. The number of ether oxygens (including phenoxy) is 1. The number of fused-ring (bicyclic) bond motifs is 1. The normalized spacial score (nSPS) is 15.2. The molecular weight excluding hydrogens is 231 g/mol. The third kappa shape index (κ3) is 1.97. The molecule has 1 aromatic carbocycles. The Bertz CT molecular complexity index is 392. The SMILES string of the molecule is FC(F)(F)c1cc2c(cc1Cl)NCCO2. The molecule has 6 heteroatoms. The topological polar surface area (TPSA) is 21.3 Å². The zero-order valence-corrected chi connectivity index (χ0v) is 8.24. The largest absolute Gasteiger partial charge is 0.490 e. The van der Waals surface area contributed by atoms with Crippen LogP contribution in [0.25, 0.3) is 0 Å². The third-order valence-corrected chi connectivity index (χ3v) is 2.36. The van der Waals surface area contributed by atoms with Gasteiger partial charge in [0, 0.05) is 6.54 Å². The molecule has 0 radical (unpaired) electrons. The predicted molar refractivity (Wildman–Crippen MR) is 50.4 cm³/mol. The van der Waals surface area contributed by atoms with E-state index < -0.39 is 11.7 Å². The summed E-state index contributed by atoms with van der Waals surface area (Å²) in [5.41, 5.74) is -0.370. The monoisotopic (exact) mass is 237 g/mol. The Kier molecular flexibility index (Phi) is 2.42. The van der Waals surface area contributed by atoms with Crippen molar-refractivity contribution >= 4 is 17.3 Å². The van der Waals surface area contributed by atoms with Crippen LogP contribution < -0.4 is 10.1 Å².